The molecule has 8 nitrogen and oxygen atoms in total. The topological polar surface area (TPSA) is 86.9 Å². The normalized spacial score (nSPS) is 17.5. The Bertz CT molecular complexity index is 731. The first-order valence-electron chi connectivity index (χ1n) is 9.15. The molecule has 0 amide bonds. The average Bonchev–Trinajstić information content (AvgIpc) is 3.14. The highest BCUT2D eigenvalue weighted by Crippen LogP contribution is 2.20. The maximum atomic E-state index is 11.9. The third kappa shape index (κ3) is 5.43. The largest absolute Gasteiger partial charge is 0.497 e. The van der Waals surface area contributed by atoms with Crippen molar-refractivity contribution in [3.8, 4) is 11.5 Å². The van der Waals surface area contributed by atoms with Gasteiger partial charge in [0.1, 0.15) is 11.5 Å². The van der Waals surface area contributed by atoms with Gasteiger partial charge in [0.15, 0.2) is 6.61 Å². The molecular formula is C19H25N3O5. The smallest absolute Gasteiger partial charge is 0.310 e. The van der Waals surface area contributed by atoms with E-state index in [-0.39, 0.29) is 18.5 Å². The maximum Gasteiger partial charge on any atom is 0.310 e. The van der Waals surface area contributed by atoms with Crippen LogP contribution in [0.2, 0.25) is 0 Å². The van der Waals surface area contributed by atoms with Crippen LogP contribution in [0.1, 0.15) is 31.5 Å². The Morgan fingerprint density at radius 1 is 1.30 bits per heavy atom. The van der Waals surface area contributed by atoms with Crippen molar-refractivity contribution in [1.29, 1.82) is 0 Å². The van der Waals surface area contributed by atoms with E-state index in [1.54, 1.807) is 7.11 Å². The summed E-state index contributed by atoms with van der Waals surface area (Å²) < 4.78 is 21.2. The summed E-state index contributed by atoms with van der Waals surface area (Å²) in [5.74, 6) is 2.27. The number of ether oxygens (including phenoxy) is 3. The molecule has 2 aromatic rings. The van der Waals surface area contributed by atoms with Crippen molar-refractivity contribution in [3.05, 3.63) is 36.0 Å². The highest BCUT2D eigenvalue weighted by Gasteiger charge is 2.27. The van der Waals surface area contributed by atoms with Crippen LogP contribution in [0.15, 0.2) is 28.8 Å². The predicted molar refractivity (Wildman–Crippen MR) is 96.3 cm³/mol. The number of carbonyl (C=O) groups is 1. The molecule has 0 N–H and O–H groups in total. The number of likely N-dealkylation sites (tertiary alicyclic amines) is 1. The van der Waals surface area contributed by atoms with Crippen LogP contribution in [0.25, 0.3) is 0 Å². The molecule has 2 heterocycles. The van der Waals surface area contributed by atoms with Gasteiger partial charge in [-0.15, -0.1) is 0 Å². The number of hydrogen-bond donors (Lipinski definition) is 0. The van der Waals surface area contributed by atoms with E-state index >= 15 is 0 Å². The van der Waals surface area contributed by atoms with E-state index in [2.05, 4.69) is 15.0 Å². The Kier molecular flexibility index (Phi) is 6.64. The van der Waals surface area contributed by atoms with Crippen LogP contribution in [-0.2, 0) is 22.7 Å². The Hall–Kier alpha value is -2.61. The van der Waals surface area contributed by atoms with Crippen LogP contribution in [0, 0.1) is 5.92 Å². The van der Waals surface area contributed by atoms with Crippen LogP contribution < -0.4 is 9.47 Å². The van der Waals surface area contributed by atoms with Gasteiger partial charge in [-0.3, -0.25) is 9.69 Å². The molecule has 0 spiro atoms. The SMILES string of the molecule is CCOC(=O)C1CCCN(Cc2nc(COc3ccc(OC)cc3)no2)C1. The van der Waals surface area contributed by atoms with Gasteiger partial charge in [-0.25, -0.2) is 0 Å². The Morgan fingerprint density at radius 3 is 2.81 bits per heavy atom. The number of hydrogen-bond acceptors (Lipinski definition) is 8. The molecular weight excluding hydrogens is 350 g/mol. The molecule has 0 bridgehead atoms. The van der Waals surface area contributed by atoms with E-state index in [9.17, 15) is 4.79 Å². The summed E-state index contributed by atoms with van der Waals surface area (Å²) in [5, 5.41) is 3.96. The van der Waals surface area contributed by atoms with Crippen molar-refractivity contribution < 1.29 is 23.5 Å². The summed E-state index contributed by atoms with van der Waals surface area (Å²) in [6.45, 7) is 4.53. The number of nitrogens with zero attached hydrogens (tertiary/aromatic N) is 3. The van der Waals surface area contributed by atoms with Gasteiger partial charge in [0.2, 0.25) is 11.7 Å². The molecule has 1 saturated heterocycles. The summed E-state index contributed by atoms with van der Waals surface area (Å²) in [6.07, 6.45) is 1.81. The van der Waals surface area contributed by atoms with Crippen molar-refractivity contribution >= 4 is 5.97 Å². The Balaban J connectivity index is 1.49. The van der Waals surface area contributed by atoms with Crippen LogP contribution in [-0.4, -0.2) is 47.8 Å². The monoisotopic (exact) mass is 375 g/mol. The molecule has 1 aliphatic heterocycles. The van der Waals surface area contributed by atoms with Gasteiger partial charge in [0.05, 0.1) is 26.2 Å². The quantitative estimate of drug-likeness (QED) is 0.650. The van der Waals surface area contributed by atoms with Crippen molar-refractivity contribution in [2.24, 2.45) is 5.92 Å². The lowest BCUT2D eigenvalue weighted by molar-refractivity contribution is -0.150. The number of carbonyl (C=O) groups excluding carboxylic acids is 1. The highest BCUT2D eigenvalue weighted by atomic mass is 16.5. The third-order valence-electron chi connectivity index (χ3n) is 4.42. The summed E-state index contributed by atoms with van der Waals surface area (Å²) in [6, 6.07) is 7.30. The average molecular weight is 375 g/mol. The molecule has 3 rings (SSSR count). The number of rotatable bonds is 8. The molecule has 0 aliphatic carbocycles. The van der Waals surface area contributed by atoms with E-state index in [4.69, 9.17) is 18.7 Å². The Labute approximate surface area is 158 Å². The second-order valence-corrected chi connectivity index (χ2v) is 6.39. The zero-order chi connectivity index (χ0) is 19.1. The summed E-state index contributed by atoms with van der Waals surface area (Å²) >= 11 is 0. The first-order valence-corrected chi connectivity index (χ1v) is 9.15. The Morgan fingerprint density at radius 2 is 2.07 bits per heavy atom. The molecule has 0 saturated carbocycles. The second-order valence-electron chi connectivity index (χ2n) is 6.39. The van der Waals surface area contributed by atoms with E-state index in [0.29, 0.717) is 37.2 Å². The van der Waals surface area contributed by atoms with E-state index in [1.165, 1.54) is 0 Å². The molecule has 27 heavy (non-hydrogen) atoms. The van der Waals surface area contributed by atoms with Crippen molar-refractivity contribution in [2.45, 2.75) is 32.9 Å². The zero-order valence-electron chi connectivity index (χ0n) is 15.7. The molecule has 8 heteroatoms. The number of benzene rings is 1. The van der Waals surface area contributed by atoms with Gasteiger partial charge >= 0.3 is 5.97 Å². The minimum absolute atomic E-state index is 0.0838. The van der Waals surface area contributed by atoms with Gasteiger partial charge < -0.3 is 18.7 Å². The highest BCUT2D eigenvalue weighted by molar-refractivity contribution is 5.72. The van der Waals surface area contributed by atoms with Gasteiger partial charge in [0.25, 0.3) is 0 Å². The fraction of sp³-hybridized carbons (Fsp3) is 0.526. The molecule has 1 aromatic carbocycles. The third-order valence-corrected chi connectivity index (χ3v) is 4.42. The molecule has 1 aliphatic rings. The summed E-state index contributed by atoms with van der Waals surface area (Å²) in [5.41, 5.74) is 0. The van der Waals surface area contributed by atoms with Crippen LogP contribution in [0.4, 0.5) is 0 Å². The van der Waals surface area contributed by atoms with Gasteiger partial charge in [-0.2, -0.15) is 4.98 Å². The van der Waals surface area contributed by atoms with Gasteiger partial charge in [-0.1, -0.05) is 5.16 Å². The lowest BCUT2D eigenvalue weighted by Crippen LogP contribution is -2.39. The molecule has 1 unspecified atom stereocenters. The van der Waals surface area contributed by atoms with Gasteiger partial charge in [0, 0.05) is 6.54 Å². The molecule has 1 aromatic heterocycles. The predicted octanol–water partition coefficient (Wildman–Crippen LogP) is 2.43. The fourth-order valence-corrected chi connectivity index (χ4v) is 3.08. The lowest BCUT2D eigenvalue weighted by atomic mass is 9.98. The maximum absolute atomic E-state index is 11.9. The van der Waals surface area contributed by atoms with Crippen molar-refractivity contribution in [3.63, 3.8) is 0 Å². The second kappa shape index (κ2) is 9.36. The fourth-order valence-electron chi connectivity index (χ4n) is 3.08. The number of esters is 1. The number of methoxy groups -OCH3 is 1. The standard InChI is InChI=1S/C19H25N3O5/c1-3-25-19(23)14-5-4-10-22(11-14)12-18-20-17(21-27-18)13-26-16-8-6-15(24-2)7-9-16/h6-9,14H,3-5,10-13H2,1-2H3. The molecule has 1 fully saturated rings. The van der Waals surface area contributed by atoms with E-state index in [0.717, 1.165) is 25.1 Å². The summed E-state index contributed by atoms with van der Waals surface area (Å²) in [4.78, 5) is 18.5. The summed E-state index contributed by atoms with van der Waals surface area (Å²) in [7, 11) is 1.62. The van der Waals surface area contributed by atoms with Crippen LogP contribution in [0.5, 0.6) is 11.5 Å². The minimum atomic E-state index is -0.124. The zero-order valence-corrected chi connectivity index (χ0v) is 15.7. The first-order chi connectivity index (χ1) is 13.2. The van der Waals surface area contributed by atoms with Crippen molar-refractivity contribution in [1.82, 2.24) is 15.0 Å². The molecule has 1 atom stereocenters. The number of aromatic nitrogens is 2. The molecule has 146 valence electrons. The van der Waals surface area contributed by atoms with Gasteiger partial charge in [-0.05, 0) is 50.6 Å². The van der Waals surface area contributed by atoms with Crippen molar-refractivity contribution in [2.75, 3.05) is 26.8 Å². The lowest BCUT2D eigenvalue weighted by Gasteiger charge is -2.30. The van der Waals surface area contributed by atoms with Crippen LogP contribution in [0.3, 0.4) is 0 Å². The van der Waals surface area contributed by atoms with Crippen LogP contribution >= 0.6 is 0 Å². The number of piperidine rings is 1. The van der Waals surface area contributed by atoms with E-state index < -0.39 is 0 Å². The first kappa shape index (κ1) is 19.2. The minimum Gasteiger partial charge on any atom is -0.497 e. The molecule has 0 radical (unpaired) electrons. The van der Waals surface area contributed by atoms with E-state index in [1.807, 2.05) is 31.2 Å².